The predicted molar refractivity (Wildman–Crippen MR) is 148 cm³/mol. The summed E-state index contributed by atoms with van der Waals surface area (Å²) in [5.74, 6) is -9.70. The number of hydrogen-bond donors (Lipinski definition) is 4. The lowest BCUT2D eigenvalue weighted by Crippen LogP contribution is -2.84. The van der Waals surface area contributed by atoms with Crippen molar-refractivity contribution in [1.82, 2.24) is 4.90 Å². The van der Waals surface area contributed by atoms with Crippen molar-refractivity contribution in [2.75, 3.05) is 21.2 Å². The van der Waals surface area contributed by atoms with Gasteiger partial charge in [0.15, 0.2) is 34.5 Å². The number of Topliss-reactive ketones (excluding diaryl/α,β-unsaturated/α-hetero) is 4. The molecule has 6 atom stereocenters. The number of hydrogen-bond acceptors (Lipinski definition) is 11. The Bertz CT molecular complexity index is 1880. The highest BCUT2D eigenvalue weighted by atomic mass is 16.5. The lowest BCUT2D eigenvalue weighted by atomic mass is 9.42. The van der Waals surface area contributed by atoms with Crippen LogP contribution in [0.5, 0.6) is 11.5 Å². The Labute approximate surface area is 239 Å². The summed E-state index contributed by atoms with van der Waals surface area (Å²) in [6.07, 6.45) is -0.540. The second-order valence-electron chi connectivity index (χ2n) is 11.6. The van der Waals surface area contributed by atoms with Crippen molar-refractivity contribution in [3.05, 3.63) is 47.5 Å². The number of nitrogens with zero attached hydrogens (tertiary/aromatic N) is 2. The molecule has 0 aliphatic heterocycles. The molecule has 2 saturated carbocycles. The predicted octanol–water partition coefficient (Wildman–Crippen LogP) is 0.0375. The first-order valence-electron chi connectivity index (χ1n) is 13.1. The quantitative estimate of drug-likeness (QED) is 0.243. The second kappa shape index (κ2) is 8.42. The van der Waals surface area contributed by atoms with Crippen LogP contribution in [-0.4, -0.2) is 71.8 Å². The molecule has 3 aliphatic rings. The Morgan fingerprint density at radius 1 is 1.07 bits per heavy atom. The molecule has 3 aromatic carbocycles. The summed E-state index contributed by atoms with van der Waals surface area (Å²) in [5.41, 5.74) is 12.5. The number of carbonyl (C=O) groups excluding carboxylic acids is 5. The van der Waals surface area contributed by atoms with Crippen molar-refractivity contribution in [2.24, 2.45) is 34.5 Å². The maximum absolute atomic E-state index is 14.6. The van der Waals surface area contributed by atoms with Gasteiger partial charge in [-0.15, -0.1) is 0 Å². The van der Waals surface area contributed by atoms with Gasteiger partial charge in [-0.2, -0.15) is 5.26 Å². The topological polar surface area (TPSA) is 220 Å². The van der Waals surface area contributed by atoms with Crippen molar-refractivity contribution >= 4 is 50.6 Å². The number of benzene rings is 3. The van der Waals surface area contributed by atoms with E-state index in [1.165, 1.54) is 32.2 Å². The molecule has 42 heavy (non-hydrogen) atoms. The Hall–Kier alpha value is -4.70. The first kappa shape index (κ1) is 27.5. The average molecular weight is 570 g/mol. The fraction of sp³-hybridized carbons (Fsp3) is 0.333. The molecule has 0 bridgehead atoms. The van der Waals surface area contributed by atoms with Crippen LogP contribution < -0.4 is 21.9 Å². The number of phenolic OH excluding ortho intramolecular Hbond substituents is 1. The first-order chi connectivity index (χ1) is 19.7. The number of primary amides is 1. The number of rotatable bonds is 3. The number of aromatic hydroxyl groups is 1. The van der Waals surface area contributed by atoms with E-state index in [1.54, 1.807) is 36.4 Å². The maximum atomic E-state index is 14.6. The molecule has 3 aromatic rings. The van der Waals surface area contributed by atoms with E-state index >= 15 is 0 Å². The van der Waals surface area contributed by atoms with Crippen LogP contribution >= 0.6 is 0 Å². The molecule has 0 radical (unpaired) electrons. The standard InChI is InChI=1S/C30H27N5O7/c1-35(2)24-23(38)20(27(32)41)25(39)28(11-31)26(40)21-22(37)19-17(36)7-6-15-14-5-4-13(42-3)8-12(14)9-16(18(15)19)29(21,33)10-30(24,28)34/h4-9,20-21,24,36H,10,33-34H2,1-3H3,(H2,32,41)/t20?,21?,24-,28+,29+,30-/m1/s1. The van der Waals surface area contributed by atoms with Crippen LogP contribution in [0.1, 0.15) is 22.3 Å². The summed E-state index contributed by atoms with van der Waals surface area (Å²) in [5, 5.41) is 23.7. The largest absolute Gasteiger partial charge is 0.507 e. The van der Waals surface area contributed by atoms with E-state index in [2.05, 4.69) is 0 Å². The third kappa shape index (κ3) is 2.92. The van der Waals surface area contributed by atoms with Crippen molar-refractivity contribution in [3.63, 3.8) is 0 Å². The molecule has 214 valence electrons. The Morgan fingerprint density at radius 3 is 2.33 bits per heavy atom. The molecule has 0 spiro atoms. The van der Waals surface area contributed by atoms with Crippen LogP contribution in [0.4, 0.5) is 0 Å². The number of phenols is 1. The molecular weight excluding hydrogens is 542 g/mol. The Morgan fingerprint density at radius 2 is 1.74 bits per heavy atom. The van der Waals surface area contributed by atoms with E-state index in [1.807, 2.05) is 0 Å². The highest BCUT2D eigenvalue weighted by Crippen LogP contribution is 2.59. The third-order valence-corrected chi connectivity index (χ3v) is 9.38. The molecule has 2 unspecified atom stereocenters. The fourth-order valence-corrected chi connectivity index (χ4v) is 7.73. The van der Waals surface area contributed by atoms with Gasteiger partial charge in [-0.25, -0.2) is 0 Å². The van der Waals surface area contributed by atoms with Crippen LogP contribution in [0.2, 0.25) is 0 Å². The van der Waals surface area contributed by atoms with Gasteiger partial charge in [0, 0.05) is 5.39 Å². The van der Waals surface area contributed by atoms with E-state index in [0.717, 1.165) is 0 Å². The van der Waals surface area contributed by atoms with Crippen LogP contribution in [0, 0.1) is 28.6 Å². The van der Waals surface area contributed by atoms with Gasteiger partial charge in [0.2, 0.25) is 5.91 Å². The maximum Gasteiger partial charge on any atom is 0.235 e. The van der Waals surface area contributed by atoms with Crippen molar-refractivity contribution in [1.29, 1.82) is 5.26 Å². The Kier molecular flexibility index (Phi) is 5.51. The van der Waals surface area contributed by atoms with E-state index in [4.69, 9.17) is 21.9 Å². The molecule has 7 N–H and O–H groups in total. The summed E-state index contributed by atoms with van der Waals surface area (Å²) in [4.78, 5) is 70.1. The smallest absolute Gasteiger partial charge is 0.235 e. The van der Waals surface area contributed by atoms with Gasteiger partial charge in [0.25, 0.3) is 0 Å². The highest BCUT2D eigenvalue weighted by molar-refractivity contribution is 6.35. The first-order valence-corrected chi connectivity index (χ1v) is 13.1. The number of likely N-dealkylation sites (N-methyl/N-ethyl adjacent to an activating group) is 1. The summed E-state index contributed by atoms with van der Waals surface area (Å²) in [6.45, 7) is 0. The van der Waals surface area contributed by atoms with Crippen molar-refractivity contribution in [2.45, 2.75) is 23.5 Å². The average Bonchev–Trinajstić information content (AvgIpc) is 2.90. The van der Waals surface area contributed by atoms with Crippen molar-refractivity contribution in [3.8, 4) is 17.6 Å². The van der Waals surface area contributed by atoms with E-state index in [0.29, 0.717) is 27.3 Å². The summed E-state index contributed by atoms with van der Waals surface area (Å²) in [6, 6.07) is 10.1. The number of carbonyl (C=O) groups is 5. The summed E-state index contributed by atoms with van der Waals surface area (Å²) >= 11 is 0. The number of nitriles is 1. The minimum Gasteiger partial charge on any atom is -0.507 e. The van der Waals surface area contributed by atoms with Gasteiger partial charge in [-0.05, 0) is 66.5 Å². The molecular formula is C30H27N5O7. The Balaban J connectivity index is 1.74. The van der Waals surface area contributed by atoms with Gasteiger partial charge in [-0.1, -0.05) is 12.1 Å². The van der Waals surface area contributed by atoms with Crippen molar-refractivity contribution < 1.29 is 33.8 Å². The molecule has 0 aromatic heterocycles. The number of amides is 1. The number of methoxy groups -OCH3 is 1. The third-order valence-electron chi connectivity index (χ3n) is 9.38. The number of ether oxygens (including phenoxy) is 1. The monoisotopic (exact) mass is 569 g/mol. The fourth-order valence-electron chi connectivity index (χ4n) is 7.73. The van der Waals surface area contributed by atoms with Gasteiger partial charge < -0.3 is 27.0 Å². The van der Waals surface area contributed by atoms with Crippen LogP contribution in [0.25, 0.3) is 21.5 Å². The second-order valence-corrected chi connectivity index (χ2v) is 11.6. The SMILES string of the molecule is COc1ccc2c(c1)cc1c3c(c(O)ccc32)C(=O)C2C(=O)[C@]3(C#N)C(=O)C(C(N)=O)C(=O)[C@@H](N(C)C)[C@]3(N)C[C@]12N. The summed E-state index contributed by atoms with van der Waals surface area (Å²) < 4.78 is 5.38. The molecule has 2 fully saturated rings. The van der Waals surface area contributed by atoms with E-state index in [-0.39, 0.29) is 11.1 Å². The van der Waals surface area contributed by atoms with Crippen LogP contribution in [-0.2, 0) is 24.7 Å². The molecule has 3 aliphatic carbocycles. The molecule has 1 amide bonds. The number of ketones is 4. The minimum atomic E-state index is -2.82. The highest BCUT2D eigenvalue weighted by Gasteiger charge is 2.78. The van der Waals surface area contributed by atoms with Crippen LogP contribution in [0.15, 0.2) is 36.4 Å². The number of nitrogens with two attached hydrogens (primary N) is 3. The van der Waals surface area contributed by atoms with E-state index < -0.39 is 75.6 Å². The van der Waals surface area contributed by atoms with Gasteiger partial charge in [-0.3, -0.25) is 28.9 Å². The van der Waals surface area contributed by atoms with Gasteiger partial charge in [0.05, 0.1) is 35.9 Å². The summed E-state index contributed by atoms with van der Waals surface area (Å²) in [7, 11) is 4.40. The van der Waals surface area contributed by atoms with Crippen LogP contribution in [0.3, 0.4) is 0 Å². The lowest BCUT2D eigenvalue weighted by molar-refractivity contribution is -0.166. The van der Waals surface area contributed by atoms with E-state index in [9.17, 15) is 34.3 Å². The molecule has 12 nitrogen and oxygen atoms in total. The molecule has 6 rings (SSSR count). The van der Waals surface area contributed by atoms with Gasteiger partial charge >= 0.3 is 0 Å². The number of fused-ring (bicyclic) bond motifs is 5. The zero-order chi connectivity index (χ0) is 30.7. The molecule has 12 heteroatoms. The minimum absolute atomic E-state index is 0.188. The lowest BCUT2D eigenvalue weighted by Gasteiger charge is -2.60. The zero-order valence-corrected chi connectivity index (χ0v) is 22.9. The molecule has 0 heterocycles. The molecule has 0 saturated heterocycles. The van der Waals surface area contributed by atoms with Gasteiger partial charge in [0.1, 0.15) is 17.4 Å². The zero-order valence-electron chi connectivity index (χ0n) is 22.9. The normalized spacial score (nSPS) is 32.1.